The summed E-state index contributed by atoms with van der Waals surface area (Å²) in [5.41, 5.74) is 4.22. The van der Waals surface area contributed by atoms with Crippen molar-refractivity contribution < 1.29 is 14.4 Å². The van der Waals surface area contributed by atoms with Crippen LogP contribution in [0.4, 0.5) is 11.6 Å². The van der Waals surface area contributed by atoms with E-state index in [2.05, 4.69) is 44.5 Å². The minimum absolute atomic E-state index is 0.254. The maximum atomic E-state index is 11.0. The second kappa shape index (κ2) is 10.9. The lowest BCUT2D eigenvalue weighted by Crippen LogP contribution is -2.47. The molecule has 0 unspecified atom stereocenters. The molecule has 0 bridgehead atoms. The first-order chi connectivity index (χ1) is 16.1. The molecule has 1 saturated heterocycles. The van der Waals surface area contributed by atoms with E-state index >= 15 is 0 Å². The van der Waals surface area contributed by atoms with Crippen molar-refractivity contribution in [3.63, 3.8) is 0 Å². The zero-order valence-electron chi connectivity index (χ0n) is 19.0. The number of nitrogens with zero attached hydrogens (tertiary/aromatic N) is 4. The molecular formula is C25H29N5O3. The number of carbonyl (C=O) groups is 1. The molecule has 1 N–H and O–H groups in total. The number of nitrogens with one attached hydrogen (secondary N) is 1. The first-order valence-corrected chi connectivity index (χ1v) is 11.1. The number of aromatic nitrogens is 2. The molecule has 0 aliphatic carbocycles. The van der Waals surface area contributed by atoms with Crippen LogP contribution < -0.4 is 10.1 Å². The van der Waals surface area contributed by atoms with Crippen molar-refractivity contribution in [2.75, 3.05) is 45.2 Å². The zero-order valence-corrected chi connectivity index (χ0v) is 19.0. The van der Waals surface area contributed by atoms with Gasteiger partial charge in [-0.25, -0.2) is 9.97 Å². The van der Waals surface area contributed by atoms with Crippen LogP contribution in [0.2, 0.25) is 0 Å². The van der Waals surface area contributed by atoms with Gasteiger partial charge in [0.15, 0.2) is 0 Å². The van der Waals surface area contributed by atoms with Crippen LogP contribution in [-0.2, 0) is 16.1 Å². The number of benzene rings is 2. The summed E-state index contributed by atoms with van der Waals surface area (Å²) < 4.78 is 5.20. The van der Waals surface area contributed by atoms with Crippen LogP contribution in [0, 0.1) is 0 Å². The third-order valence-electron chi connectivity index (χ3n) is 5.59. The van der Waals surface area contributed by atoms with Gasteiger partial charge in [-0.1, -0.05) is 24.3 Å². The van der Waals surface area contributed by atoms with Gasteiger partial charge in [0.1, 0.15) is 5.75 Å². The summed E-state index contributed by atoms with van der Waals surface area (Å²) in [6, 6.07) is 16.2. The number of hydrogen-bond donors (Lipinski definition) is 1. The Bertz CT molecular complexity index is 1030. The first-order valence-electron chi connectivity index (χ1n) is 11.1. The molecule has 1 aromatic heterocycles. The number of anilines is 2. The van der Waals surface area contributed by atoms with E-state index in [1.54, 1.807) is 12.2 Å². The number of carbonyl (C=O) groups excluding carboxylic acids is 1. The van der Waals surface area contributed by atoms with Crippen LogP contribution in [0.3, 0.4) is 0 Å². The summed E-state index contributed by atoms with van der Waals surface area (Å²) in [5, 5.41) is 5.00. The minimum atomic E-state index is -0.254. The Morgan fingerprint density at radius 3 is 2.21 bits per heavy atom. The fraction of sp³-hybridized carbons (Fsp3) is 0.320. The molecule has 0 amide bonds. The summed E-state index contributed by atoms with van der Waals surface area (Å²) in [4.78, 5) is 27.5. The van der Waals surface area contributed by atoms with Crippen LogP contribution in [0.25, 0.3) is 11.1 Å². The first kappa shape index (κ1) is 22.7. The summed E-state index contributed by atoms with van der Waals surface area (Å²) in [6.45, 7) is 5.72. The van der Waals surface area contributed by atoms with Gasteiger partial charge in [0.25, 0.3) is 0 Å². The highest BCUT2D eigenvalue weighted by Crippen LogP contribution is 2.22. The molecule has 172 valence electrons. The van der Waals surface area contributed by atoms with E-state index in [9.17, 15) is 4.79 Å². The molecule has 1 aliphatic heterocycles. The van der Waals surface area contributed by atoms with E-state index in [0.29, 0.717) is 5.95 Å². The van der Waals surface area contributed by atoms with Crippen molar-refractivity contribution in [2.45, 2.75) is 13.3 Å². The lowest BCUT2D eigenvalue weighted by Gasteiger charge is -2.33. The summed E-state index contributed by atoms with van der Waals surface area (Å²) >= 11 is 0. The molecule has 8 heteroatoms. The van der Waals surface area contributed by atoms with E-state index in [4.69, 9.17) is 9.57 Å². The second-order valence-corrected chi connectivity index (χ2v) is 7.95. The van der Waals surface area contributed by atoms with Gasteiger partial charge >= 0.3 is 5.97 Å². The van der Waals surface area contributed by atoms with Crippen molar-refractivity contribution in [3.05, 3.63) is 66.5 Å². The quantitative estimate of drug-likeness (QED) is 0.562. The maximum absolute atomic E-state index is 11.0. The van der Waals surface area contributed by atoms with Gasteiger partial charge in [0, 0.05) is 63.3 Å². The van der Waals surface area contributed by atoms with Crippen molar-refractivity contribution >= 4 is 17.6 Å². The highest BCUT2D eigenvalue weighted by atomic mass is 16.7. The number of hydrogen-bond acceptors (Lipinski definition) is 8. The molecule has 8 nitrogen and oxygen atoms in total. The van der Waals surface area contributed by atoms with Crippen molar-refractivity contribution in [2.24, 2.45) is 0 Å². The van der Waals surface area contributed by atoms with Gasteiger partial charge in [-0.05, 0) is 41.8 Å². The summed E-state index contributed by atoms with van der Waals surface area (Å²) in [5.74, 6) is 1.13. The predicted octanol–water partition coefficient (Wildman–Crippen LogP) is 3.53. The van der Waals surface area contributed by atoms with Gasteiger partial charge in [-0.2, -0.15) is 0 Å². The number of hydroxylamine groups is 2. The van der Waals surface area contributed by atoms with Crippen LogP contribution in [-0.4, -0.2) is 65.7 Å². The van der Waals surface area contributed by atoms with Crippen LogP contribution in [0.5, 0.6) is 5.75 Å². The highest BCUT2D eigenvalue weighted by molar-refractivity contribution is 5.65. The molecule has 3 aromatic rings. The molecule has 4 rings (SSSR count). The maximum Gasteiger partial charge on any atom is 0.322 e. The molecule has 2 aromatic carbocycles. The molecule has 0 atom stereocenters. The lowest BCUT2D eigenvalue weighted by atomic mass is 10.1. The monoisotopic (exact) mass is 447 g/mol. The van der Waals surface area contributed by atoms with Crippen molar-refractivity contribution in [3.8, 4) is 16.9 Å². The lowest BCUT2D eigenvalue weighted by molar-refractivity contribution is -0.194. The molecule has 0 spiro atoms. The Labute approximate surface area is 194 Å². The van der Waals surface area contributed by atoms with Crippen molar-refractivity contribution in [1.82, 2.24) is 19.9 Å². The fourth-order valence-corrected chi connectivity index (χ4v) is 3.72. The van der Waals surface area contributed by atoms with E-state index in [1.165, 1.54) is 12.5 Å². The molecular weight excluding hydrogens is 418 g/mol. The minimum Gasteiger partial charge on any atom is -0.497 e. The third kappa shape index (κ3) is 6.50. The zero-order chi connectivity index (χ0) is 23.0. The van der Waals surface area contributed by atoms with Crippen LogP contribution in [0.1, 0.15) is 12.5 Å². The molecule has 0 radical (unpaired) electrons. The smallest absolute Gasteiger partial charge is 0.322 e. The second-order valence-electron chi connectivity index (χ2n) is 7.95. The standard InChI is InChI=1S/C25H29N5O3/c1-19(31)33-30-15-13-29(14-16-30)12-11-20-3-7-23(8-4-20)28-25-26-17-22(18-27-25)21-5-9-24(32-2)10-6-21/h3-10,17-18H,11-16H2,1-2H3,(H,26,27,28). The SMILES string of the molecule is COc1ccc(-c2cnc(Nc3ccc(CCN4CCN(OC(C)=O)CC4)cc3)nc2)cc1. The van der Waals surface area contributed by atoms with E-state index in [0.717, 1.165) is 61.7 Å². The Kier molecular flexibility index (Phi) is 7.49. The van der Waals surface area contributed by atoms with Crippen LogP contribution >= 0.6 is 0 Å². The number of ether oxygens (including phenoxy) is 1. The normalized spacial score (nSPS) is 14.6. The number of rotatable bonds is 8. The average Bonchev–Trinajstić information content (AvgIpc) is 2.85. The summed E-state index contributed by atoms with van der Waals surface area (Å²) in [7, 11) is 1.65. The Balaban J connectivity index is 1.25. The van der Waals surface area contributed by atoms with Gasteiger partial charge < -0.3 is 19.8 Å². The molecule has 1 aliphatic rings. The Morgan fingerprint density at radius 1 is 0.939 bits per heavy atom. The molecule has 2 heterocycles. The number of piperazine rings is 1. The number of methoxy groups -OCH3 is 1. The fourth-order valence-electron chi connectivity index (χ4n) is 3.72. The van der Waals surface area contributed by atoms with E-state index in [1.807, 2.05) is 36.7 Å². The molecule has 0 saturated carbocycles. The average molecular weight is 448 g/mol. The van der Waals surface area contributed by atoms with Gasteiger partial charge in [-0.15, -0.1) is 5.06 Å². The van der Waals surface area contributed by atoms with Crippen LogP contribution in [0.15, 0.2) is 60.9 Å². The van der Waals surface area contributed by atoms with Gasteiger partial charge in [0.2, 0.25) is 5.95 Å². The summed E-state index contributed by atoms with van der Waals surface area (Å²) in [6.07, 6.45) is 4.60. The van der Waals surface area contributed by atoms with E-state index < -0.39 is 0 Å². The predicted molar refractivity (Wildman–Crippen MR) is 127 cm³/mol. The highest BCUT2D eigenvalue weighted by Gasteiger charge is 2.18. The molecule has 1 fully saturated rings. The largest absolute Gasteiger partial charge is 0.497 e. The third-order valence-corrected chi connectivity index (χ3v) is 5.59. The Morgan fingerprint density at radius 2 is 1.61 bits per heavy atom. The van der Waals surface area contributed by atoms with E-state index in [-0.39, 0.29) is 5.97 Å². The topological polar surface area (TPSA) is 79.8 Å². The Hall–Kier alpha value is -3.49. The van der Waals surface area contributed by atoms with Gasteiger partial charge in [0.05, 0.1) is 7.11 Å². The van der Waals surface area contributed by atoms with Gasteiger partial charge in [-0.3, -0.25) is 4.79 Å². The van der Waals surface area contributed by atoms with Crippen molar-refractivity contribution in [1.29, 1.82) is 0 Å². The molecule has 33 heavy (non-hydrogen) atoms.